The van der Waals surface area contributed by atoms with Crippen LogP contribution in [0.4, 0.5) is 0 Å². The molecule has 0 fully saturated rings. The molecule has 0 aliphatic heterocycles. The molecule has 0 radical (unpaired) electrons. The van der Waals surface area contributed by atoms with E-state index in [9.17, 15) is 9.59 Å². The van der Waals surface area contributed by atoms with Crippen LogP contribution >= 0.6 is 34.2 Å². The number of ether oxygens (including phenoxy) is 2. The lowest BCUT2D eigenvalue weighted by molar-refractivity contribution is -0.138. The second-order valence-electron chi connectivity index (χ2n) is 6.25. The van der Waals surface area contributed by atoms with Gasteiger partial charge in [0.1, 0.15) is 11.2 Å². The summed E-state index contributed by atoms with van der Waals surface area (Å²) >= 11 is 4.04. The predicted molar refractivity (Wildman–Crippen MR) is 110 cm³/mol. The maximum Gasteiger partial charge on any atom is 0.160 e. The molecule has 0 aliphatic carbocycles. The molecule has 7 heteroatoms. The zero-order chi connectivity index (χ0) is 19.2. The smallest absolute Gasteiger partial charge is 0.160 e. The highest BCUT2D eigenvalue weighted by molar-refractivity contribution is 8.76. The maximum absolute atomic E-state index is 11.1. The van der Waals surface area contributed by atoms with Crippen molar-refractivity contribution in [2.45, 2.75) is 65.6 Å². The monoisotopic (exact) mass is 398 g/mol. The SMILES string of the molecule is CC(=O)C(C)(C)OCCCS.CSSCCCOC(C)(C)C(C)=O. The van der Waals surface area contributed by atoms with Crippen LogP contribution in [0.15, 0.2) is 0 Å². The molecule has 0 atom stereocenters. The van der Waals surface area contributed by atoms with Gasteiger partial charge in [-0.1, -0.05) is 21.6 Å². The Morgan fingerprint density at radius 1 is 0.917 bits per heavy atom. The van der Waals surface area contributed by atoms with Crippen LogP contribution in [0.25, 0.3) is 0 Å². The summed E-state index contributed by atoms with van der Waals surface area (Å²) in [6.45, 7) is 11.6. The van der Waals surface area contributed by atoms with Crippen LogP contribution in [0.2, 0.25) is 0 Å². The highest BCUT2D eigenvalue weighted by Crippen LogP contribution is 2.18. The Labute approximate surface area is 161 Å². The Morgan fingerprint density at radius 2 is 1.33 bits per heavy atom. The fourth-order valence-corrected chi connectivity index (χ4v) is 2.51. The minimum atomic E-state index is -0.622. The van der Waals surface area contributed by atoms with Gasteiger partial charge in [-0.3, -0.25) is 9.59 Å². The zero-order valence-corrected chi connectivity index (χ0v) is 18.7. The van der Waals surface area contributed by atoms with Gasteiger partial charge in [-0.25, -0.2) is 0 Å². The number of carbonyl (C=O) groups excluding carboxylic acids is 2. The molecule has 0 amide bonds. The molecule has 144 valence electrons. The molecular formula is C17H34O4S3. The highest BCUT2D eigenvalue weighted by Gasteiger charge is 2.24. The van der Waals surface area contributed by atoms with Crippen molar-refractivity contribution in [3.8, 4) is 0 Å². The predicted octanol–water partition coefficient (Wildman–Crippen LogP) is 4.46. The number of ketones is 2. The molecule has 0 rings (SSSR count). The summed E-state index contributed by atoms with van der Waals surface area (Å²) in [5.41, 5.74) is -1.23. The van der Waals surface area contributed by atoms with Crippen molar-refractivity contribution in [3.05, 3.63) is 0 Å². The Bertz CT molecular complexity index is 358. The molecule has 0 heterocycles. The van der Waals surface area contributed by atoms with Crippen molar-refractivity contribution >= 4 is 45.8 Å². The minimum Gasteiger partial charge on any atom is -0.368 e. The lowest BCUT2D eigenvalue weighted by Crippen LogP contribution is -2.33. The summed E-state index contributed by atoms with van der Waals surface area (Å²) in [6.07, 6.45) is 3.95. The first kappa shape index (κ1) is 26.5. The molecule has 0 aromatic rings. The number of rotatable bonds is 12. The van der Waals surface area contributed by atoms with Crippen LogP contribution < -0.4 is 0 Å². The van der Waals surface area contributed by atoms with Crippen molar-refractivity contribution in [1.29, 1.82) is 0 Å². The molecule has 4 nitrogen and oxygen atoms in total. The summed E-state index contributed by atoms with van der Waals surface area (Å²) in [4.78, 5) is 22.0. The van der Waals surface area contributed by atoms with Gasteiger partial charge in [0, 0.05) is 19.0 Å². The molecule has 0 saturated heterocycles. The molecule has 0 N–H and O–H groups in total. The van der Waals surface area contributed by atoms with E-state index in [2.05, 4.69) is 18.9 Å². The largest absolute Gasteiger partial charge is 0.368 e. The Hall–Kier alpha value is 0.310. The third-order valence-corrected chi connectivity index (χ3v) is 5.63. The minimum absolute atomic E-state index is 0.0664. The fraction of sp³-hybridized carbons (Fsp3) is 0.882. The van der Waals surface area contributed by atoms with Crippen molar-refractivity contribution < 1.29 is 19.1 Å². The van der Waals surface area contributed by atoms with Gasteiger partial charge < -0.3 is 9.47 Å². The van der Waals surface area contributed by atoms with E-state index in [-0.39, 0.29) is 11.6 Å². The van der Waals surface area contributed by atoms with Gasteiger partial charge in [-0.2, -0.15) is 12.6 Å². The van der Waals surface area contributed by atoms with E-state index in [4.69, 9.17) is 9.47 Å². The van der Waals surface area contributed by atoms with E-state index in [1.54, 1.807) is 38.5 Å². The average Bonchev–Trinajstić information content (AvgIpc) is 2.47. The average molecular weight is 399 g/mol. The van der Waals surface area contributed by atoms with Gasteiger partial charge >= 0.3 is 0 Å². The quantitative estimate of drug-likeness (QED) is 0.297. The summed E-state index contributed by atoms with van der Waals surface area (Å²) in [5, 5.41) is 0. The summed E-state index contributed by atoms with van der Waals surface area (Å²) in [6, 6.07) is 0. The van der Waals surface area contributed by atoms with Crippen molar-refractivity contribution in [3.63, 3.8) is 0 Å². The van der Waals surface area contributed by atoms with E-state index in [0.717, 1.165) is 24.3 Å². The van der Waals surface area contributed by atoms with E-state index < -0.39 is 11.2 Å². The van der Waals surface area contributed by atoms with Crippen LogP contribution in [-0.2, 0) is 19.1 Å². The van der Waals surface area contributed by atoms with Gasteiger partial charge in [-0.15, -0.1) is 0 Å². The van der Waals surface area contributed by atoms with Crippen molar-refractivity contribution in [2.75, 3.05) is 31.0 Å². The second kappa shape index (κ2) is 14.5. The Balaban J connectivity index is 0. The Kier molecular flexibility index (Phi) is 16.0. The molecule has 0 aromatic heterocycles. The maximum atomic E-state index is 11.1. The first-order chi connectivity index (χ1) is 11.0. The zero-order valence-electron chi connectivity index (χ0n) is 16.1. The van der Waals surface area contributed by atoms with Crippen LogP contribution in [0.1, 0.15) is 54.4 Å². The molecule has 0 bridgehead atoms. The van der Waals surface area contributed by atoms with Crippen LogP contribution in [-0.4, -0.2) is 53.7 Å². The van der Waals surface area contributed by atoms with Crippen molar-refractivity contribution in [1.82, 2.24) is 0 Å². The van der Waals surface area contributed by atoms with E-state index in [0.29, 0.717) is 13.2 Å². The van der Waals surface area contributed by atoms with Gasteiger partial charge in [0.05, 0.1) is 0 Å². The molecular weight excluding hydrogens is 364 g/mol. The van der Waals surface area contributed by atoms with Gasteiger partial charge in [0.2, 0.25) is 0 Å². The van der Waals surface area contributed by atoms with Crippen LogP contribution in [0, 0.1) is 0 Å². The highest BCUT2D eigenvalue weighted by atomic mass is 33.1. The topological polar surface area (TPSA) is 52.6 Å². The number of hydrogen-bond acceptors (Lipinski definition) is 7. The van der Waals surface area contributed by atoms with Crippen LogP contribution in [0.3, 0.4) is 0 Å². The third-order valence-electron chi connectivity index (χ3n) is 3.41. The van der Waals surface area contributed by atoms with Gasteiger partial charge in [-0.05, 0) is 66.4 Å². The first-order valence-corrected chi connectivity index (χ1v) is 11.4. The number of carbonyl (C=O) groups is 2. The summed E-state index contributed by atoms with van der Waals surface area (Å²) in [7, 11) is 3.58. The van der Waals surface area contributed by atoms with E-state index >= 15 is 0 Å². The molecule has 0 unspecified atom stereocenters. The lowest BCUT2D eigenvalue weighted by atomic mass is 10.1. The molecule has 0 aliphatic rings. The summed E-state index contributed by atoms with van der Waals surface area (Å²) in [5.74, 6) is 2.03. The number of Topliss-reactive ketones (excluding diaryl/α,β-unsaturated/α-hetero) is 2. The summed E-state index contributed by atoms with van der Waals surface area (Å²) < 4.78 is 10.8. The second-order valence-corrected chi connectivity index (χ2v) is 9.38. The molecule has 0 aromatic carbocycles. The molecule has 0 spiro atoms. The molecule has 0 saturated carbocycles. The van der Waals surface area contributed by atoms with Crippen molar-refractivity contribution in [2.24, 2.45) is 0 Å². The van der Waals surface area contributed by atoms with Crippen LogP contribution in [0.5, 0.6) is 0 Å². The van der Waals surface area contributed by atoms with Gasteiger partial charge in [0.15, 0.2) is 11.6 Å². The van der Waals surface area contributed by atoms with E-state index in [1.807, 2.05) is 24.6 Å². The van der Waals surface area contributed by atoms with Gasteiger partial charge in [0.25, 0.3) is 0 Å². The lowest BCUT2D eigenvalue weighted by Gasteiger charge is -2.21. The third kappa shape index (κ3) is 14.6. The standard InChI is InChI=1S/C9H18O2S2.C8H16O2S/c1-8(10)9(2,3)11-6-5-7-13-12-4;1-7(9)8(2,3)10-5-4-6-11/h5-7H2,1-4H3;11H,4-6H2,1-3H3. The molecule has 24 heavy (non-hydrogen) atoms. The first-order valence-electron chi connectivity index (χ1n) is 8.07. The Morgan fingerprint density at radius 3 is 1.67 bits per heavy atom. The number of thiol groups is 1. The normalized spacial score (nSPS) is 11.7. The fourth-order valence-electron chi connectivity index (χ4n) is 1.12. The van der Waals surface area contributed by atoms with E-state index in [1.165, 1.54) is 0 Å². The number of hydrogen-bond donors (Lipinski definition) is 1.